The topological polar surface area (TPSA) is 159 Å². The van der Waals surface area contributed by atoms with Crippen LogP contribution in [0, 0.1) is 5.82 Å². The number of oxime groups is 1. The molecule has 34 heavy (non-hydrogen) atoms. The molecule has 2 amide bonds. The van der Waals surface area contributed by atoms with Gasteiger partial charge >= 0.3 is 12.1 Å². The first kappa shape index (κ1) is 23.1. The number of rotatable bonds is 8. The fourth-order valence-electron chi connectivity index (χ4n) is 3.61. The maximum absolute atomic E-state index is 14.9. The van der Waals surface area contributed by atoms with Gasteiger partial charge in [0.05, 0.1) is 30.9 Å². The summed E-state index contributed by atoms with van der Waals surface area (Å²) in [6.07, 6.45) is 0.0494. The van der Waals surface area contributed by atoms with Gasteiger partial charge in [0.1, 0.15) is 24.2 Å². The zero-order chi connectivity index (χ0) is 24.2. The molecule has 0 bridgehead atoms. The average molecular weight is 471 g/mol. The number of cyclic esters (lactones) is 1. The van der Waals surface area contributed by atoms with Crippen molar-refractivity contribution < 1.29 is 33.1 Å². The van der Waals surface area contributed by atoms with Crippen molar-refractivity contribution in [3.8, 4) is 11.1 Å². The van der Waals surface area contributed by atoms with Crippen LogP contribution in [0.4, 0.5) is 14.9 Å². The van der Waals surface area contributed by atoms with Crippen LogP contribution in [0.1, 0.15) is 18.5 Å². The second-order valence-corrected chi connectivity index (χ2v) is 7.74. The molecular formula is C22H22FN5O6. The van der Waals surface area contributed by atoms with E-state index in [1.807, 2.05) is 0 Å². The van der Waals surface area contributed by atoms with Crippen molar-refractivity contribution in [3.05, 3.63) is 48.0 Å². The van der Waals surface area contributed by atoms with Crippen molar-refractivity contribution in [2.45, 2.75) is 25.0 Å². The Morgan fingerprint density at radius 3 is 2.74 bits per heavy atom. The Bertz CT molecular complexity index is 1140. The summed E-state index contributed by atoms with van der Waals surface area (Å²) in [5.41, 5.74) is 12.6. The van der Waals surface area contributed by atoms with Crippen molar-refractivity contribution in [3.63, 3.8) is 0 Å². The predicted octanol–water partition coefficient (Wildman–Crippen LogP) is 1.08. The van der Waals surface area contributed by atoms with Crippen LogP contribution in [-0.2, 0) is 23.9 Å². The summed E-state index contributed by atoms with van der Waals surface area (Å²) in [5, 5.41) is 3.98. The molecule has 178 valence electrons. The first-order valence-corrected chi connectivity index (χ1v) is 10.4. The number of primary amides is 1. The molecule has 0 radical (unpaired) electrons. The fraction of sp³-hybridized carbons (Fsp3) is 0.318. The molecule has 0 aliphatic carbocycles. The summed E-state index contributed by atoms with van der Waals surface area (Å²) >= 11 is 0. The molecule has 0 saturated carbocycles. The molecule has 1 saturated heterocycles. The number of amides is 2. The molecule has 12 heteroatoms. The highest BCUT2D eigenvalue weighted by Gasteiger charge is 2.33. The van der Waals surface area contributed by atoms with Gasteiger partial charge in [-0.2, -0.15) is 0 Å². The number of carbonyl (C=O) groups is 3. The third kappa shape index (κ3) is 5.12. The highest BCUT2D eigenvalue weighted by molar-refractivity contribution is 5.99. The van der Waals surface area contributed by atoms with E-state index >= 15 is 0 Å². The Hall–Kier alpha value is -4.06. The van der Waals surface area contributed by atoms with E-state index < -0.39 is 36.0 Å². The van der Waals surface area contributed by atoms with Crippen LogP contribution in [0.3, 0.4) is 0 Å². The van der Waals surface area contributed by atoms with Gasteiger partial charge in [0.2, 0.25) is 5.91 Å². The number of halogens is 1. The first-order valence-electron chi connectivity index (χ1n) is 10.4. The highest BCUT2D eigenvalue weighted by Crippen LogP contribution is 2.29. The number of benzene rings is 1. The fourth-order valence-corrected chi connectivity index (χ4v) is 3.61. The smallest absolute Gasteiger partial charge is 0.414 e. The van der Waals surface area contributed by atoms with E-state index in [4.69, 9.17) is 25.8 Å². The number of ether oxygens (including phenoxy) is 2. The van der Waals surface area contributed by atoms with Gasteiger partial charge in [0.25, 0.3) is 0 Å². The number of anilines is 1. The van der Waals surface area contributed by atoms with E-state index in [2.05, 4.69) is 10.1 Å². The Morgan fingerprint density at radius 2 is 2.06 bits per heavy atom. The van der Waals surface area contributed by atoms with Crippen molar-refractivity contribution in [2.24, 2.45) is 16.6 Å². The van der Waals surface area contributed by atoms with Crippen LogP contribution in [-0.4, -0.2) is 60.6 Å². The largest absolute Gasteiger partial charge is 0.461 e. The summed E-state index contributed by atoms with van der Waals surface area (Å²) in [7, 11) is 0. The monoisotopic (exact) mass is 471 g/mol. The lowest BCUT2D eigenvalue weighted by atomic mass is 10.0. The molecule has 4 N–H and O–H groups in total. The second-order valence-electron chi connectivity index (χ2n) is 7.74. The number of aromatic nitrogens is 1. The molecule has 2 aliphatic rings. The van der Waals surface area contributed by atoms with Gasteiger partial charge in [0.15, 0.2) is 6.10 Å². The lowest BCUT2D eigenvalue weighted by Crippen LogP contribution is -2.26. The quantitative estimate of drug-likeness (QED) is 0.541. The van der Waals surface area contributed by atoms with Gasteiger partial charge in [-0.15, -0.1) is 0 Å². The normalized spacial score (nSPS) is 19.4. The molecule has 2 atom stereocenters. The van der Waals surface area contributed by atoms with Gasteiger partial charge < -0.3 is 25.8 Å². The van der Waals surface area contributed by atoms with Crippen molar-refractivity contribution in [2.75, 3.05) is 24.6 Å². The molecule has 4 rings (SSSR count). The maximum Gasteiger partial charge on any atom is 0.414 e. The Labute approximate surface area is 193 Å². The Morgan fingerprint density at radius 1 is 1.24 bits per heavy atom. The number of esters is 1. The predicted molar refractivity (Wildman–Crippen MR) is 117 cm³/mol. The molecule has 11 nitrogen and oxygen atoms in total. The standard InChI is InChI=1S/C22H22FN5O6/c23-17-5-13(28-10-14(7-20(25)29)33-22(28)31)2-3-16(17)12-1-4-18(26-9-12)19-6-15(34-27-19)11-32-21(30)8-24/h1-5,9,14-15H,6-8,10-11,24H2,(H2,25,29)/t14?,15-/m0/s1. The van der Waals surface area contributed by atoms with Crippen molar-refractivity contribution >= 4 is 29.4 Å². The van der Waals surface area contributed by atoms with Crippen LogP contribution >= 0.6 is 0 Å². The zero-order valence-corrected chi connectivity index (χ0v) is 18.0. The van der Waals surface area contributed by atoms with E-state index in [0.29, 0.717) is 34.6 Å². The number of carbonyl (C=O) groups excluding carboxylic acids is 3. The summed E-state index contributed by atoms with van der Waals surface area (Å²) in [5.74, 6) is -1.67. The number of hydrogen-bond acceptors (Lipinski definition) is 9. The van der Waals surface area contributed by atoms with E-state index in [-0.39, 0.29) is 26.1 Å². The minimum absolute atomic E-state index is 0.0342. The third-order valence-corrected chi connectivity index (χ3v) is 5.27. The molecular weight excluding hydrogens is 449 g/mol. The Kier molecular flexibility index (Phi) is 6.68. The van der Waals surface area contributed by atoms with Crippen LogP contribution in [0.15, 0.2) is 41.7 Å². The van der Waals surface area contributed by atoms with E-state index in [1.165, 1.54) is 23.2 Å². The van der Waals surface area contributed by atoms with Gasteiger partial charge in [-0.1, -0.05) is 11.2 Å². The van der Waals surface area contributed by atoms with Crippen LogP contribution in [0.25, 0.3) is 11.1 Å². The summed E-state index contributed by atoms with van der Waals surface area (Å²) in [6, 6.07) is 7.72. The maximum atomic E-state index is 14.9. The number of pyridine rings is 1. The molecule has 0 spiro atoms. The number of nitrogens with two attached hydrogens (primary N) is 2. The van der Waals surface area contributed by atoms with Gasteiger partial charge in [0, 0.05) is 23.7 Å². The second kappa shape index (κ2) is 9.83. The number of hydrogen-bond donors (Lipinski definition) is 2. The van der Waals surface area contributed by atoms with Crippen molar-refractivity contribution in [1.29, 1.82) is 0 Å². The SMILES string of the molecule is NCC(=O)OC[C@@H]1CC(c2ccc(-c3ccc(N4CC(CC(N)=O)OC4=O)cc3F)cn2)=NO1. The van der Waals surface area contributed by atoms with Crippen LogP contribution in [0.2, 0.25) is 0 Å². The zero-order valence-electron chi connectivity index (χ0n) is 18.0. The van der Waals surface area contributed by atoms with Crippen LogP contribution < -0.4 is 16.4 Å². The van der Waals surface area contributed by atoms with E-state index in [0.717, 1.165) is 0 Å². The molecule has 1 aromatic carbocycles. The minimum atomic E-state index is -0.667. The van der Waals surface area contributed by atoms with Crippen LogP contribution in [0.5, 0.6) is 0 Å². The summed E-state index contributed by atoms with van der Waals surface area (Å²) in [4.78, 5) is 45.1. The Balaban J connectivity index is 1.41. The highest BCUT2D eigenvalue weighted by atomic mass is 19.1. The molecule has 1 unspecified atom stereocenters. The molecule has 2 aliphatic heterocycles. The lowest BCUT2D eigenvalue weighted by molar-refractivity contribution is -0.145. The average Bonchev–Trinajstić information content (AvgIpc) is 3.43. The van der Waals surface area contributed by atoms with Gasteiger partial charge in [-0.05, 0) is 24.3 Å². The van der Waals surface area contributed by atoms with E-state index in [9.17, 15) is 18.8 Å². The molecule has 3 heterocycles. The molecule has 2 aromatic rings. The van der Waals surface area contributed by atoms with Crippen molar-refractivity contribution in [1.82, 2.24) is 4.98 Å². The third-order valence-electron chi connectivity index (χ3n) is 5.27. The summed E-state index contributed by atoms with van der Waals surface area (Å²) in [6.45, 7) is -0.0706. The van der Waals surface area contributed by atoms with Gasteiger partial charge in [-0.25, -0.2) is 9.18 Å². The molecule has 1 aromatic heterocycles. The first-order chi connectivity index (χ1) is 16.3. The summed E-state index contributed by atoms with van der Waals surface area (Å²) < 4.78 is 24.9. The van der Waals surface area contributed by atoms with Gasteiger partial charge in [-0.3, -0.25) is 19.5 Å². The minimum Gasteiger partial charge on any atom is -0.461 e. The van der Waals surface area contributed by atoms with E-state index in [1.54, 1.807) is 18.2 Å². The molecule has 1 fully saturated rings. The number of nitrogens with zero attached hydrogens (tertiary/aromatic N) is 3. The lowest BCUT2D eigenvalue weighted by Gasteiger charge is -2.14.